The Hall–Kier alpha value is -1.17. The van der Waals surface area contributed by atoms with Gasteiger partial charge in [0.25, 0.3) is 5.95 Å². The predicted octanol–water partition coefficient (Wildman–Crippen LogP) is -0.804. The quantitative estimate of drug-likeness (QED) is 0.667. The highest BCUT2D eigenvalue weighted by Gasteiger charge is 2.57. The zero-order valence-corrected chi connectivity index (χ0v) is 8.38. The molecule has 0 spiro atoms. The third-order valence-electron chi connectivity index (χ3n) is 3.36. The number of fused-ring (bicyclic) bond motifs is 1. The maximum Gasteiger partial charge on any atom is 0.265 e. The fourth-order valence-corrected chi connectivity index (χ4v) is 2.71. The van der Waals surface area contributed by atoms with Gasteiger partial charge in [0.05, 0.1) is 0 Å². The molecule has 2 heterocycles. The molecule has 0 radical (unpaired) electrons. The molecule has 6 heteroatoms. The first-order valence-corrected chi connectivity index (χ1v) is 4.92. The smallest absolute Gasteiger partial charge is 0.265 e. The zero-order chi connectivity index (χ0) is 9.71. The average molecular weight is 194 g/mol. The highest BCUT2D eigenvalue weighted by Crippen LogP contribution is 2.48. The molecule has 1 saturated carbocycles. The van der Waals surface area contributed by atoms with Gasteiger partial charge >= 0.3 is 0 Å². The van der Waals surface area contributed by atoms with Crippen molar-refractivity contribution in [2.45, 2.75) is 6.04 Å². The molecule has 0 amide bonds. The number of hydrogen-bond donors (Lipinski definition) is 1. The van der Waals surface area contributed by atoms with E-state index in [1.54, 1.807) is 0 Å². The molecule has 1 aromatic heterocycles. The van der Waals surface area contributed by atoms with Crippen LogP contribution in [0.1, 0.15) is 0 Å². The van der Waals surface area contributed by atoms with Crippen LogP contribution in [0.4, 0.5) is 5.95 Å². The maximum absolute atomic E-state index is 3.99. The molecule has 2 aliphatic rings. The lowest BCUT2D eigenvalue weighted by Crippen LogP contribution is -2.31. The van der Waals surface area contributed by atoms with Gasteiger partial charge in [-0.25, -0.2) is 0 Å². The molecule has 3 rings (SSSR count). The molecule has 0 bridgehead atoms. The lowest BCUT2D eigenvalue weighted by molar-refractivity contribution is 0.356. The van der Waals surface area contributed by atoms with Crippen LogP contribution in [0.15, 0.2) is 0 Å². The third-order valence-corrected chi connectivity index (χ3v) is 3.36. The number of aromatic amines is 1. The number of tetrazole rings is 1. The van der Waals surface area contributed by atoms with E-state index < -0.39 is 0 Å². The number of nitrogens with one attached hydrogen (secondary N) is 1. The minimum atomic E-state index is 0.745. The molecule has 2 atom stereocenters. The van der Waals surface area contributed by atoms with Crippen LogP contribution < -0.4 is 4.90 Å². The Bertz CT molecular complexity index is 309. The summed E-state index contributed by atoms with van der Waals surface area (Å²) in [6.07, 6.45) is 0. The number of anilines is 1. The number of piperidine rings is 1. The van der Waals surface area contributed by atoms with Gasteiger partial charge in [-0.3, -0.25) is 0 Å². The minimum Gasteiger partial charge on any atom is -0.338 e. The highest BCUT2D eigenvalue weighted by molar-refractivity contribution is 5.34. The lowest BCUT2D eigenvalue weighted by Gasteiger charge is -2.19. The number of H-pyrrole nitrogens is 1. The molecule has 6 nitrogen and oxygen atoms in total. The summed E-state index contributed by atoms with van der Waals surface area (Å²) < 4.78 is 0. The Labute approximate surface area is 82.3 Å². The van der Waals surface area contributed by atoms with Crippen molar-refractivity contribution in [3.05, 3.63) is 0 Å². The van der Waals surface area contributed by atoms with Crippen LogP contribution in [-0.4, -0.2) is 58.8 Å². The molecular weight excluding hydrogens is 180 g/mol. The molecular formula is C8H14N6. The minimum absolute atomic E-state index is 0.745. The lowest BCUT2D eigenvalue weighted by atomic mass is 10.4. The Kier molecular flexibility index (Phi) is 1.55. The largest absolute Gasteiger partial charge is 0.338 e. The van der Waals surface area contributed by atoms with Crippen LogP contribution in [0.2, 0.25) is 0 Å². The van der Waals surface area contributed by atoms with Crippen molar-refractivity contribution in [2.24, 2.45) is 11.8 Å². The molecule has 1 aromatic rings. The van der Waals surface area contributed by atoms with Gasteiger partial charge in [0.15, 0.2) is 0 Å². The summed E-state index contributed by atoms with van der Waals surface area (Å²) in [5, 5.41) is 14.0. The first-order valence-electron chi connectivity index (χ1n) is 4.92. The highest BCUT2D eigenvalue weighted by atomic mass is 15.5. The SMILES string of the molecule is CN(C)C1C2CN(c3nn[nH]n3)CC21. The van der Waals surface area contributed by atoms with Gasteiger partial charge in [-0.2, -0.15) is 5.21 Å². The van der Waals surface area contributed by atoms with Crippen LogP contribution in [0.5, 0.6) is 0 Å². The van der Waals surface area contributed by atoms with Crippen molar-refractivity contribution in [2.75, 3.05) is 32.1 Å². The molecule has 1 N–H and O–H groups in total. The first kappa shape index (κ1) is 8.16. The van der Waals surface area contributed by atoms with Gasteiger partial charge in [-0.05, 0) is 31.1 Å². The Morgan fingerprint density at radius 1 is 1.36 bits per heavy atom. The second kappa shape index (κ2) is 2.66. The number of nitrogens with zero attached hydrogens (tertiary/aromatic N) is 5. The summed E-state index contributed by atoms with van der Waals surface area (Å²) >= 11 is 0. The molecule has 2 unspecified atom stereocenters. The van der Waals surface area contributed by atoms with Gasteiger partial charge in [0.1, 0.15) is 0 Å². The van der Waals surface area contributed by atoms with E-state index in [1.807, 2.05) is 0 Å². The van der Waals surface area contributed by atoms with E-state index in [1.165, 1.54) is 0 Å². The molecule has 1 aliphatic carbocycles. The topological polar surface area (TPSA) is 60.9 Å². The van der Waals surface area contributed by atoms with Gasteiger partial charge in [-0.1, -0.05) is 5.10 Å². The Morgan fingerprint density at radius 2 is 2.07 bits per heavy atom. The molecule has 14 heavy (non-hydrogen) atoms. The molecule has 0 aromatic carbocycles. The Balaban J connectivity index is 1.66. The standard InChI is InChI=1S/C8H14N6/c1-13(2)7-5-3-14(4-6(5)7)8-9-11-12-10-8/h5-7H,3-4H2,1-2H3,(H,9,10,11,12). The van der Waals surface area contributed by atoms with E-state index >= 15 is 0 Å². The number of rotatable bonds is 2. The van der Waals surface area contributed by atoms with Crippen molar-refractivity contribution in [3.8, 4) is 0 Å². The van der Waals surface area contributed by atoms with Crippen LogP contribution >= 0.6 is 0 Å². The van der Waals surface area contributed by atoms with Gasteiger partial charge in [-0.15, -0.1) is 5.10 Å². The first-order chi connectivity index (χ1) is 6.77. The van der Waals surface area contributed by atoms with Gasteiger partial charge in [0.2, 0.25) is 0 Å². The van der Waals surface area contributed by atoms with Crippen molar-refractivity contribution in [3.63, 3.8) is 0 Å². The van der Waals surface area contributed by atoms with Crippen molar-refractivity contribution in [1.29, 1.82) is 0 Å². The second-order valence-corrected chi connectivity index (χ2v) is 4.40. The van der Waals surface area contributed by atoms with Crippen LogP contribution in [-0.2, 0) is 0 Å². The summed E-state index contributed by atoms with van der Waals surface area (Å²) in [7, 11) is 4.31. The van der Waals surface area contributed by atoms with Crippen molar-refractivity contribution < 1.29 is 0 Å². The van der Waals surface area contributed by atoms with E-state index in [2.05, 4.69) is 44.5 Å². The monoisotopic (exact) mass is 194 g/mol. The number of aromatic nitrogens is 4. The van der Waals surface area contributed by atoms with Gasteiger partial charge < -0.3 is 9.80 Å². The maximum atomic E-state index is 3.99. The Morgan fingerprint density at radius 3 is 2.57 bits per heavy atom. The summed E-state index contributed by atoms with van der Waals surface area (Å²) in [6.45, 7) is 2.15. The molecule has 2 fully saturated rings. The van der Waals surface area contributed by atoms with Crippen molar-refractivity contribution >= 4 is 5.95 Å². The van der Waals surface area contributed by atoms with E-state index in [0.717, 1.165) is 36.9 Å². The fourth-order valence-electron chi connectivity index (χ4n) is 2.71. The molecule has 76 valence electrons. The second-order valence-electron chi connectivity index (χ2n) is 4.40. The molecule has 1 saturated heterocycles. The average Bonchev–Trinajstić information content (AvgIpc) is 2.62. The number of hydrogen-bond acceptors (Lipinski definition) is 5. The van der Waals surface area contributed by atoms with Crippen LogP contribution in [0, 0.1) is 11.8 Å². The molecule has 1 aliphatic heterocycles. The van der Waals surface area contributed by atoms with E-state index in [4.69, 9.17) is 0 Å². The van der Waals surface area contributed by atoms with Crippen LogP contribution in [0.3, 0.4) is 0 Å². The predicted molar refractivity (Wildman–Crippen MR) is 50.8 cm³/mol. The summed E-state index contributed by atoms with van der Waals surface area (Å²) in [6, 6.07) is 0.776. The zero-order valence-electron chi connectivity index (χ0n) is 8.38. The van der Waals surface area contributed by atoms with Crippen molar-refractivity contribution in [1.82, 2.24) is 25.5 Å². The fraction of sp³-hybridized carbons (Fsp3) is 0.875. The van der Waals surface area contributed by atoms with E-state index in [9.17, 15) is 0 Å². The van der Waals surface area contributed by atoms with E-state index in [-0.39, 0.29) is 0 Å². The van der Waals surface area contributed by atoms with Crippen LogP contribution in [0.25, 0.3) is 0 Å². The van der Waals surface area contributed by atoms with E-state index in [0.29, 0.717) is 0 Å². The normalized spacial score (nSPS) is 35.1. The summed E-state index contributed by atoms with van der Waals surface area (Å²) in [5.74, 6) is 2.36. The van der Waals surface area contributed by atoms with Gasteiger partial charge in [0, 0.05) is 19.1 Å². The third kappa shape index (κ3) is 1.03. The summed E-state index contributed by atoms with van der Waals surface area (Å²) in [4.78, 5) is 4.53. The summed E-state index contributed by atoms with van der Waals surface area (Å²) in [5.41, 5.74) is 0.